The van der Waals surface area contributed by atoms with Crippen LogP contribution in [0.5, 0.6) is 0 Å². The summed E-state index contributed by atoms with van der Waals surface area (Å²) in [4.78, 5) is 4.15. The highest BCUT2D eigenvalue weighted by Crippen LogP contribution is 2.22. The Morgan fingerprint density at radius 1 is 1.28 bits per heavy atom. The first-order chi connectivity index (χ1) is 8.58. The zero-order valence-electron chi connectivity index (χ0n) is 10.5. The second-order valence-corrected chi connectivity index (χ2v) is 4.47. The lowest BCUT2D eigenvalue weighted by Gasteiger charge is -2.14. The van der Waals surface area contributed by atoms with Crippen LogP contribution in [0.3, 0.4) is 0 Å². The monoisotopic (exact) mass is 245 g/mol. The molecule has 1 N–H and O–H groups in total. The first kappa shape index (κ1) is 12.7. The van der Waals surface area contributed by atoms with Crippen LogP contribution in [0.2, 0.25) is 0 Å². The molecule has 0 saturated heterocycles. The summed E-state index contributed by atoms with van der Waals surface area (Å²) >= 11 is 0. The predicted molar refractivity (Wildman–Crippen MR) is 68.8 cm³/mol. The summed E-state index contributed by atoms with van der Waals surface area (Å²) < 4.78 is 13.2. The Hall–Kier alpha value is -1.74. The fraction of sp³-hybridized carbons (Fsp3) is 0.267. The predicted octanol–water partition coefficient (Wildman–Crippen LogP) is 3.11. The van der Waals surface area contributed by atoms with E-state index in [0.717, 1.165) is 22.4 Å². The van der Waals surface area contributed by atoms with Crippen molar-refractivity contribution >= 4 is 0 Å². The van der Waals surface area contributed by atoms with Crippen LogP contribution in [0, 0.1) is 19.7 Å². The molecule has 0 saturated carbocycles. The first-order valence-electron chi connectivity index (χ1n) is 5.92. The molecule has 18 heavy (non-hydrogen) atoms. The summed E-state index contributed by atoms with van der Waals surface area (Å²) in [6, 6.07) is 8.28. The Morgan fingerprint density at radius 2 is 2.06 bits per heavy atom. The van der Waals surface area contributed by atoms with Crippen LogP contribution in [-0.2, 0) is 6.42 Å². The number of halogens is 1. The fourth-order valence-corrected chi connectivity index (χ4v) is 2.03. The van der Waals surface area contributed by atoms with Crippen LogP contribution < -0.4 is 0 Å². The van der Waals surface area contributed by atoms with Gasteiger partial charge >= 0.3 is 0 Å². The molecule has 0 aliphatic rings. The summed E-state index contributed by atoms with van der Waals surface area (Å²) in [5.74, 6) is -0.272. The molecule has 1 atom stereocenters. The van der Waals surface area contributed by atoms with Gasteiger partial charge in [-0.3, -0.25) is 4.98 Å². The number of hydrogen-bond acceptors (Lipinski definition) is 2. The molecule has 2 aromatic rings. The molecular formula is C15H16FNO. The van der Waals surface area contributed by atoms with Gasteiger partial charge in [0.15, 0.2) is 0 Å². The van der Waals surface area contributed by atoms with Gasteiger partial charge in [0.05, 0.1) is 6.10 Å². The highest BCUT2D eigenvalue weighted by molar-refractivity contribution is 5.30. The van der Waals surface area contributed by atoms with Crippen LogP contribution >= 0.6 is 0 Å². The number of nitrogens with zero attached hydrogens (tertiary/aromatic N) is 1. The van der Waals surface area contributed by atoms with Crippen LogP contribution in [0.25, 0.3) is 0 Å². The van der Waals surface area contributed by atoms with Gasteiger partial charge in [0.2, 0.25) is 0 Å². The van der Waals surface area contributed by atoms with Crippen molar-refractivity contribution < 1.29 is 9.50 Å². The van der Waals surface area contributed by atoms with E-state index in [2.05, 4.69) is 4.98 Å². The molecule has 1 heterocycles. The Kier molecular flexibility index (Phi) is 3.72. The van der Waals surface area contributed by atoms with Gasteiger partial charge in [0.25, 0.3) is 0 Å². The average Bonchev–Trinajstić information content (AvgIpc) is 2.34. The lowest BCUT2D eigenvalue weighted by atomic mass is 9.97. The topological polar surface area (TPSA) is 33.1 Å². The van der Waals surface area contributed by atoms with Crippen molar-refractivity contribution in [2.45, 2.75) is 26.4 Å². The molecule has 1 unspecified atom stereocenters. The molecule has 0 aliphatic carbocycles. The minimum Gasteiger partial charge on any atom is -0.388 e. The molecule has 0 fully saturated rings. The van der Waals surface area contributed by atoms with Crippen LogP contribution in [0.15, 0.2) is 36.5 Å². The zero-order valence-corrected chi connectivity index (χ0v) is 10.5. The van der Waals surface area contributed by atoms with E-state index in [1.165, 1.54) is 12.1 Å². The van der Waals surface area contributed by atoms with Gasteiger partial charge in [-0.15, -0.1) is 0 Å². The second-order valence-electron chi connectivity index (χ2n) is 4.47. The third kappa shape index (κ3) is 2.74. The fourth-order valence-electron chi connectivity index (χ4n) is 2.03. The Balaban J connectivity index is 2.24. The summed E-state index contributed by atoms with van der Waals surface area (Å²) in [6.07, 6.45) is 1.44. The van der Waals surface area contributed by atoms with Gasteiger partial charge in [-0.05, 0) is 43.2 Å². The lowest BCUT2D eigenvalue weighted by Crippen LogP contribution is -2.06. The zero-order chi connectivity index (χ0) is 13.1. The molecule has 2 nitrogen and oxygen atoms in total. The molecule has 0 aliphatic heterocycles. The maximum absolute atomic E-state index is 13.2. The van der Waals surface area contributed by atoms with E-state index < -0.39 is 6.10 Å². The highest BCUT2D eigenvalue weighted by atomic mass is 19.1. The summed E-state index contributed by atoms with van der Waals surface area (Å²) in [5.41, 5.74) is 3.41. The third-order valence-electron chi connectivity index (χ3n) is 3.13. The molecule has 3 heteroatoms. The SMILES string of the molecule is Cc1ccc(F)cc1CC(O)c1cccnc1C. The Bertz CT molecular complexity index is 554. The van der Waals surface area contributed by atoms with Crippen molar-refractivity contribution in [3.8, 4) is 0 Å². The number of aryl methyl sites for hydroxylation is 2. The summed E-state index contributed by atoms with van der Waals surface area (Å²) in [6.45, 7) is 3.77. The van der Waals surface area contributed by atoms with E-state index in [0.29, 0.717) is 6.42 Å². The van der Waals surface area contributed by atoms with Crippen molar-refractivity contribution in [1.29, 1.82) is 0 Å². The molecule has 1 aromatic carbocycles. The minimum atomic E-state index is -0.654. The van der Waals surface area contributed by atoms with Crippen molar-refractivity contribution in [2.24, 2.45) is 0 Å². The maximum atomic E-state index is 13.2. The van der Waals surface area contributed by atoms with E-state index in [-0.39, 0.29) is 5.82 Å². The number of aromatic nitrogens is 1. The van der Waals surface area contributed by atoms with E-state index in [4.69, 9.17) is 0 Å². The Morgan fingerprint density at radius 3 is 2.78 bits per heavy atom. The number of hydrogen-bond donors (Lipinski definition) is 1. The van der Waals surface area contributed by atoms with Gasteiger partial charge in [-0.25, -0.2) is 4.39 Å². The standard InChI is InChI=1S/C15H16FNO/c1-10-5-6-13(16)8-12(10)9-15(18)14-4-3-7-17-11(14)2/h3-8,15,18H,9H2,1-2H3. The average molecular weight is 245 g/mol. The molecule has 0 radical (unpaired) electrons. The maximum Gasteiger partial charge on any atom is 0.123 e. The first-order valence-corrected chi connectivity index (χ1v) is 5.92. The van der Waals surface area contributed by atoms with Crippen LogP contribution in [0.4, 0.5) is 4.39 Å². The molecule has 0 spiro atoms. The number of aliphatic hydroxyl groups is 1. The van der Waals surface area contributed by atoms with Gasteiger partial charge < -0.3 is 5.11 Å². The summed E-state index contributed by atoms with van der Waals surface area (Å²) in [7, 11) is 0. The number of aliphatic hydroxyl groups excluding tert-OH is 1. The smallest absolute Gasteiger partial charge is 0.123 e. The van der Waals surface area contributed by atoms with Crippen molar-refractivity contribution in [2.75, 3.05) is 0 Å². The van der Waals surface area contributed by atoms with Crippen molar-refractivity contribution in [3.63, 3.8) is 0 Å². The van der Waals surface area contributed by atoms with Crippen molar-refractivity contribution in [1.82, 2.24) is 4.98 Å². The third-order valence-corrected chi connectivity index (χ3v) is 3.13. The molecular weight excluding hydrogens is 229 g/mol. The van der Waals surface area contributed by atoms with E-state index in [1.807, 2.05) is 19.9 Å². The summed E-state index contributed by atoms with van der Waals surface area (Å²) in [5, 5.41) is 10.2. The quantitative estimate of drug-likeness (QED) is 0.901. The molecule has 1 aromatic heterocycles. The Labute approximate surface area is 106 Å². The number of benzene rings is 1. The van der Waals surface area contributed by atoms with Gasteiger partial charge in [-0.1, -0.05) is 12.1 Å². The van der Waals surface area contributed by atoms with Crippen molar-refractivity contribution in [3.05, 3.63) is 64.7 Å². The largest absolute Gasteiger partial charge is 0.388 e. The van der Waals surface area contributed by atoms with Crippen LogP contribution in [0.1, 0.15) is 28.5 Å². The van der Waals surface area contributed by atoms with E-state index in [1.54, 1.807) is 18.3 Å². The lowest BCUT2D eigenvalue weighted by molar-refractivity contribution is 0.177. The van der Waals surface area contributed by atoms with Crippen LogP contribution in [-0.4, -0.2) is 10.1 Å². The van der Waals surface area contributed by atoms with E-state index in [9.17, 15) is 9.50 Å². The molecule has 0 bridgehead atoms. The number of rotatable bonds is 3. The van der Waals surface area contributed by atoms with Gasteiger partial charge in [0, 0.05) is 23.9 Å². The number of pyridine rings is 1. The minimum absolute atomic E-state index is 0.272. The normalized spacial score (nSPS) is 12.4. The van der Waals surface area contributed by atoms with E-state index >= 15 is 0 Å². The molecule has 0 amide bonds. The molecule has 94 valence electrons. The highest BCUT2D eigenvalue weighted by Gasteiger charge is 2.13. The second kappa shape index (κ2) is 5.27. The van der Waals surface area contributed by atoms with Gasteiger partial charge in [-0.2, -0.15) is 0 Å². The van der Waals surface area contributed by atoms with Gasteiger partial charge in [0.1, 0.15) is 5.82 Å². The molecule has 2 rings (SSSR count).